The van der Waals surface area contributed by atoms with Gasteiger partial charge in [-0.05, 0) is 12.3 Å². The van der Waals surface area contributed by atoms with Gasteiger partial charge in [-0.15, -0.1) is 0 Å². The van der Waals surface area contributed by atoms with Gasteiger partial charge in [-0.3, -0.25) is 4.79 Å². The van der Waals surface area contributed by atoms with Gasteiger partial charge >= 0.3 is 5.97 Å². The molecule has 1 aromatic heterocycles. The Hall–Kier alpha value is -1.04. The van der Waals surface area contributed by atoms with Gasteiger partial charge in [0, 0.05) is 6.20 Å². The SMILES string of the molecule is CC(C)C[C@H](NC(=O)c1ncc(Cl)c(Cl)c1Cl)C(=O)O. The summed E-state index contributed by atoms with van der Waals surface area (Å²) in [5, 5.41) is 11.4. The normalized spacial score (nSPS) is 12.3. The van der Waals surface area contributed by atoms with E-state index in [2.05, 4.69) is 10.3 Å². The second-order valence-corrected chi connectivity index (χ2v) is 5.74. The Morgan fingerprint density at radius 3 is 2.40 bits per heavy atom. The first-order valence-corrected chi connectivity index (χ1v) is 6.90. The number of pyridine rings is 1. The Morgan fingerprint density at radius 1 is 1.30 bits per heavy atom. The molecule has 1 atom stereocenters. The molecule has 0 radical (unpaired) electrons. The number of aliphatic carboxylic acids is 1. The molecule has 5 nitrogen and oxygen atoms in total. The highest BCUT2D eigenvalue weighted by atomic mass is 35.5. The minimum absolute atomic E-state index is 0.00391. The Balaban J connectivity index is 2.95. The molecule has 0 saturated heterocycles. The molecule has 0 fully saturated rings. The molecule has 0 unspecified atom stereocenters. The largest absolute Gasteiger partial charge is 0.480 e. The second kappa shape index (κ2) is 7.11. The third-order valence-electron chi connectivity index (χ3n) is 2.44. The highest BCUT2D eigenvalue weighted by molar-refractivity contribution is 6.48. The fraction of sp³-hybridized carbons (Fsp3) is 0.417. The number of carboxylic acid groups (broad SMARTS) is 1. The smallest absolute Gasteiger partial charge is 0.326 e. The quantitative estimate of drug-likeness (QED) is 0.863. The van der Waals surface area contributed by atoms with Crippen molar-refractivity contribution < 1.29 is 14.7 Å². The van der Waals surface area contributed by atoms with Gasteiger partial charge in [-0.2, -0.15) is 0 Å². The van der Waals surface area contributed by atoms with Crippen LogP contribution in [0.3, 0.4) is 0 Å². The van der Waals surface area contributed by atoms with Crippen molar-refractivity contribution in [1.29, 1.82) is 0 Å². The van der Waals surface area contributed by atoms with Gasteiger partial charge in [0.15, 0.2) is 0 Å². The van der Waals surface area contributed by atoms with Crippen LogP contribution in [-0.2, 0) is 4.79 Å². The first-order valence-electron chi connectivity index (χ1n) is 5.77. The van der Waals surface area contributed by atoms with Crippen LogP contribution in [0, 0.1) is 5.92 Å². The van der Waals surface area contributed by atoms with E-state index in [-0.39, 0.29) is 26.7 Å². The van der Waals surface area contributed by atoms with Crippen LogP contribution in [0.25, 0.3) is 0 Å². The Labute approximate surface area is 131 Å². The van der Waals surface area contributed by atoms with Gasteiger partial charge in [0.1, 0.15) is 11.7 Å². The van der Waals surface area contributed by atoms with E-state index >= 15 is 0 Å². The molecule has 1 amide bonds. The van der Waals surface area contributed by atoms with Crippen LogP contribution in [0.15, 0.2) is 6.20 Å². The summed E-state index contributed by atoms with van der Waals surface area (Å²) in [7, 11) is 0. The van der Waals surface area contributed by atoms with Crippen LogP contribution < -0.4 is 5.32 Å². The molecule has 1 aromatic rings. The van der Waals surface area contributed by atoms with E-state index in [1.165, 1.54) is 6.20 Å². The molecule has 8 heteroatoms. The topological polar surface area (TPSA) is 79.3 Å². The zero-order chi connectivity index (χ0) is 15.4. The number of hydrogen-bond acceptors (Lipinski definition) is 3. The van der Waals surface area contributed by atoms with Gasteiger partial charge < -0.3 is 10.4 Å². The predicted octanol–water partition coefficient (Wildman–Crippen LogP) is 3.27. The van der Waals surface area contributed by atoms with Crippen LogP contribution in [0.5, 0.6) is 0 Å². The lowest BCUT2D eigenvalue weighted by Crippen LogP contribution is -2.42. The third-order valence-corrected chi connectivity index (χ3v) is 3.68. The number of halogens is 3. The maximum Gasteiger partial charge on any atom is 0.326 e. The molecule has 0 aliphatic heterocycles. The summed E-state index contributed by atoms with van der Waals surface area (Å²) in [6.45, 7) is 3.71. The minimum atomic E-state index is -1.12. The van der Waals surface area contributed by atoms with E-state index in [1.807, 2.05) is 13.8 Å². The first-order chi connectivity index (χ1) is 9.23. The molecular formula is C12H13Cl3N2O3. The van der Waals surface area contributed by atoms with Crippen LogP contribution in [-0.4, -0.2) is 28.0 Å². The molecule has 1 heterocycles. The number of rotatable bonds is 5. The lowest BCUT2D eigenvalue weighted by atomic mass is 10.0. The first kappa shape index (κ1) is 17.0. The molecule has 0 saturated carbocycles. The van der Waals surface area contributed by atoms with Gasteiger partial charge in [-0.25, -0.2) is 9.78 Å². The van der Waals surface area contributed by atoms with Crippen molar-refractivity contribution in [2.45, 2.75) is 26.3 Å². The van der Waals surface area contributed by atoms with Crippen molar-refractivity contribution in [2.75, 3.05) is 0 Å². The van der Waals surface area contributed by atoms with E-state index in [0.717, 1.165) is 0 Å². The summed E-state index contributed by atoms with van der Waals surface area (Å²) >= 11 is 17.4. The van der Waals surface area contributed by atoms with Crippen LogP contribution in [0.2, 0.25) is 15.1 Å². The van der Waals surface area contributed by atoms with Crippen LogP contribution in [0.4, 0.5) is 0 Å². The number of carboxylic acids is 1. The number of nitrogens with one attached hydrogen (secondary N) is 1. The molecule has 0 aliphatic rings. The van der Waals surface area contributed by atoms with E-state index in [1.54, 1.807) is 0 Å². The van der Waals surface area contributed by atoms with Gasteiger partial charge in [-0.1, -0.05) is 48.7 Å². The lowest BCUT2D eigenvalue weighted by molar-refractivity contribution is -0.139. The number of carbonyl (C=O) groups is 2. The van der Waals surface area contributed by atoms with E-state index in [9.17, 15) is 9.59 Å². The number of hydrogen-bond donors (Lipinski definition) is 2. The summed E-state index contributed by atoms with van der Waals surface area (Å²) < 4.78 is 0. The van der Waals surface area contributed by atoms with Crippen LogP contribution >= 0.6 is 34.8 Å². The number of aromatic nitrogens is 1. The summed E-state index contributed by atoms with van der Waals surface area (Å²) in [5.74, 6) is -1.72. The average molecular weight is 340 g/mol. The Bertz CT molecular complexity index is 535. The summed E-state index contributed by atoms with van der Waals surface area (Å²) in [6.07, 6.45) is 1.48. The molecule has 0 spiro atoms. The van der Waals surface area contributed by atoms with Crippen LogP contribution in [0.1, 0.15) is 30.8 Å². The maximum absolute atomic E-state index is 12.0. The maximum atomic E-state index is 12.0. The minimum Gasteiger partial charge on any atom is -0.480 e. The van der Waals surface area contributed by atoms with E-state index < -0.39 is 17.9 Å². The number of nitrogens with zero attached hydrogens (tertiary/aromatic N) is 1. The Kier molecular flexibility index (Phi) is 6.05. The molecule has 0 aliphatic carbocycles. The molecule has 1 rings (SSSR count). The molecule has 110 valence electrons. The monoisotopic (exact) mass is 338 g/mol. The van der Waals surface area contributed by atoms with Crippen molar-refractivity contribution in [3.8, 4) is 0 Å². The highest BCUT2D eigenvalue weighted by Gasteiger charge is 2.24. The van der Waals surface area contributed by atoms with Crippen molar-refractivity contribution in [1.82, 2.24) is 10.3 Å². The van der Waals surface area contributed by atoms with Crippen molar-refractivity contribution >= 4 is 46.7 Å². The summed E-state index contributed by atoms with van der Waals surface area (Å²) in [4.78, 5) is 26.9. The van der Waals surface area contributed by atoms with Gasteiger partial charge in [0.05, 0.1) is 15.1 Å². The lowest BCUT2D eigenvalue weighted by Gasteiger charge is -2.16. The Morgan fingerprint density at radius 2 is 1.90 bits per heavy atom. The van der Waals surface area contributed by atoms with Crippen molar-refractivity contribution in [3.63, 3.8) is 0 Å². The van der Waals surface area contributed by atoms with E-state index in [0.29, 0.717) is 6.42 Å². The standard InChI is InChI=1S/C12H13Cl3N2O3/c1-5(2)3-7(12(19)20)17-11(18)10-9(15)8(14)6(13)4-16-10/h4-5,7H,3H2,1-2H3,(H,17,18)(H,19,20)/t7-/m0/s1. The second-order valence-electron chi connectivity index (χ2n) is 4.58. The van der Waals surface area contributed by atoms with Crippen molar-refractivity contribution in [2.24, 2.45) is 5.92 Å². The summed E-state index contributed by atoms with van der Waals surface area (Å²) in [6, 6.07) is -1.02. The fourth-order valence-electron chi connectivity index (χ4n) is 1.52. The average Bonchev–Trinajstić information content (AvgIpc) is 2.34. The van der Waals surface area contributed by atoms with Crippen molar-refractivity contribution in [3.05, 3.63) is 27.0 Å². The summed E-state index contributed by atoms with van der Waals surface area (Å²) in [5.41, 5.74) is -0.156. The highest BCUT2D eigenvalue weighted by Crippen LogP contribution is 2.31. The molecule has 20 heavy (non-hydrogen) atoms. The molecular weight excluding hydrogens is 327 g/mol. The fourth-order valence-corrected chi connectivity index (χ4v) is 2.09. The molecule has 0 aromatic carbocycles. The molecule has 0 bridgehead atoms. The zero-order valence-corrected chi connectivity index (χ0v) is 13.1. The molecule has 2 N–H and O–H groups in total. The number of carbonyl (C=O) groups excluding carboxylic acids is 1. The van der Waals surface area contributed by atoms with Gasteiger partial charge in [0.2, 0.25) is 0 Å². The van der Waals surface area contributed by atoms with Gasteiger partial charge in [0.25, 0.3) is 5.91 Å². The predicted molar refractivity (Wildman–Crippen MR) is 77.6 cm³/mol. The zero-order valence-electron chi connectivity index (χ0n) is 10.8. The third kappa shape index (κ3) is 4.23. The number of amides is 1. The van der Waals surface area contributed by atoms with E-state index in [4.69, 9.17) is 39.9 Å².